The molecule has 0 spiro atoms. The van der Waals surface area contributed by atoms with Gasteiger partial charge in [-0.1, -0.05) is 24.3 Å². The van der Waals surface area contributed by atoms with Crippen molar-refractivity contribution in [3.63, 3.8) is 0 Å². The summed E-state index contributed by atoms with van der Waals surface area (Å²) < 4.78 is 0. The van der Waals surface area contributed by atoms with Crippen molar-refractivity contribution in [1.29, 1.82) is 0 Å². The Hall–Kier alpha value is -2.33. The van der Waals surface area contributed by atoms with Gasteiger partial charge in [0.05, 0.1) is 11.8 Å². The first-order valence-corrected chi connectivity index (χ1v) is 7.52. The van der Waals surface area contributed by atoms with E-state index in [1.165, 1.54) is 5.57 Å². The van der Waals surface area contributed by atoms with E-state index >= 15 is 0 Å². The minimum Gasteiger partial charge on any atom is -0.508 e. The van der Waals surface area contributed by atoms with Gasteiger partial charge in [-0.25, -0.2) is 4.98 Å². The summed E-state index contributed by atoms with van der Waals surface area (Å²) in [6.07, 6.45) is 2.59. The zero-order valence-electron chi connectivity index (χ0n) is 12.6. The van der Waals surface area contributed by atoms with Crippen molar-refractivity contribution in [2.45, 2.75) is 19.4 Å². The fourth-order valence-corrected chi connectivity index (χ4v) is 2.66. The van der Waals surface area contributed by atoms with Gasteiger partial charge in [0, 0.05) is 13.1 Å². The summed E-state index contributed by atoms with van der Waals surface area (Å²) in [5.74, 6) is 1.19. The van der Waals surface area contributed by atoms with Crippen LogP contribution in [0.4, 0.5) is 5.82 Å². The van der Waals surface area contributed by atoms with Crippen molar-refractivity contribution in [3.8, 4) is 5.75 Å². The highest BCUT2D eigenvalue weighted by Gasteiger charge is 2.15. The van der Waals surface area contributed by atoms with Crippen LogP contribution in [0.15, 0.2) is 48.5 Å². The van der Waals surface area contributed by atoms with Gasteiger partial charge in [0.15, 0.2) is 0 Å². The van der Waals surface area contributed by atoms with Crippen LogP contribution in [0.2, 0.25) is 0 Å². The van der Waals surface area contributed by atoms with Crippen LogP contribution in [0.1, 0.15) is 30.7 Å². The summed E-state index contributed by atoms with van der Waals surface area (Å²) in [5, 5.41) is 19.0. The van der Waals surface area contributed by atoms with Crippen molar-refractivity contribution in [3.05, 3.63) is 59.8 Å². The van der Waals surface area contributed by atoms with E-state index < -0.39 is 6.10 Å². The van der Waals surface area contributed by atoms with Crippen molar-refractivity contribution >= 4 is 11.4 Å². The summed E-state index contributed by atoms with van der Waals surface area (Å²) in [6, 6.07) is 13.1. The molecule has 1 aliphatic heterocycles. The summed E-state index contributed by atoms with van der Waals surface area (Å²) in [7, 11) is 0. The summed E-state index contributed by atoms with van der Waals surface area (Å²) in [5.41, 5.74) is 3.15. The standard InChI is InChI=1S/C18H20N2O2/c1-13(21)17-3-2-4-18(19-17)20-11-9-15(10-12-20)14-5-7-16(22)8-6-14/h2-9,13,21-22H,10-12H2,1H3. The fraction of sp³-hybridized carbons (Fsp3) is 0.278. The maximum absolute atomic E-state index is 9.65. The van der Waals surface area contributed by atoms with Crippen LogP contribution in [-0.4, -0.2) is 28.3 Å². The highest BCUT2D eigenvalue weighted by Crippen LogP contribution is 2.26. The predicted molar refractivity (Wildman–Crippen MR) is 87.8 cm³/mol. The highest BCUT2D eigenvalue weighted by atomic mass is 16.3. The summed E-state index contributed by atoms with van der Waals surface area (Å²) in [6.45, 7) is 3.42. The largest absolute Gasteiger partial charge is 0.508 e. The monoisotopic (exact) mass is 296 g/mol. The maximum atomic E-state index is 9.65. The Morgan fingerprint density at radius 2 is 1.91 bits per heavy atom. The second-order valence-electron chi connectivity index (χ2n) is 5.57. The molecule has 0 saturated heterocycles. The Balaban J connectivity index is 1.75. The van der Waals surface area contributed by atoms with E-state index in [1.54, 1.807) is 19.1 Å². The average Bonchev–Trinajstić information content (AvgIpc) is 2.56. The van der Waals surface area contributed by atoms with Crippen LogP contribution in [0.25, 0.3) is 5.57 Å². The van der Waals surface area contributed by atoms with E-state index in [0.29, 0.717) is 11.4 Å². The zero-order chi connectivity index (χ0) is 15.5. The van der Waals surface area contributed by atoms with Gasteiger partial charge in [0.2, 0.25) is 0 Å². The number of phenolic OH excluding ortho intramolecular Hbond substituents is 1. The number of aromatic nitrogens is 1. The molecular weight excluding hydrogens is 276 g/mol. The lowest BCUT2D eigenvalue weighted by Crippen LogP contribution is -2.29. The zero-order valence-corrected chi connectivity index (χ0v) is 12.6. The third kappa shape index (κ3) is 3.12. The van der Waals surface area contributed by atoms with Gasteiger partial charge in [0.25, 0.3) is 0 Å². The molecule has 1 aliphatic rings. The smallest absolute Gasteiger partial charge is 0.129 e. The summed E-state index contributed by atoms with van der Waals surface area (Å²) in [4.78, 5) is 6.72. The molecule has 4 heteroatoms. The number of aliphatic hydroxyl groups is 1. The van der Waals surface area contributed by atoms with Crippen LogP contribution in [0, 0.1) is 0 Å². The number of benzene rings is 1. The molecule has 0 saturated carbocycles. The summed E-state index contributed by atoms with van der Waals surface area (Å²) >= 11 is 0. The molecular formula is C18H20N2O2. The predicted octanol–water partition coefficient (Wildman–Crippen LogP) is 3.13. The van der Waals surface area contributed by atoms with Crippen LogP contribution in [0.3, 0.4) is 0 Å². The van der Waals surface area contributed by atoms with Gasteiger partial charge in [-0.3, -0.25) is 0 Å². The van der Waals surface area contributed by atoms with Gasteiger partial charge in [-0.15, -0.1) is 0 Å². The van der Waals surface area contributed by atoms with Crippen molar-refractivity contribution < 1.29 is 10.2 Å². The first kappa shape index (κ1) is 14.6. The Morgan fingerprint density at radius 1 is 1.14 bits per heavy atom. The van der Waals surface area contributed by atoms with Crippen LogP contribution in [-0.2, 0) is 0 Å². The van der Waals surface area contributed by atoms with Crippen LogP contribution >= 0.6 is 0 Å². The van der Waals surface area contributed by atoms with E-state index in [-0.39, 0.29) is 0 Å². The number of rotatable bonds is 3. The molecule has 114 valence electrons. The molecule has 4 nitrogen and oxygen atoms in total. The minimum absolute atomic E-state index is 0.293. The molecule has 0 amide bonds. The van der Waals surface area contributed by atoms with Crippen LogP contribution < -0.4 is 4.90 Å². The molecule has 1 unspecified atom stereocenters. The lowest BCUT2D eigenvalue weighted by Gasteiger charge is -2.28. The lowest BCUT2D eigenvalue weighted by atomic mass is 9.99. The topological polar surface area (TPSA) is 56.6 Å². The number of hydrogen-bond acceptors (Lipinski definition) is 4. The molecule has 2 aromatic rings. The normalized spacial score (nSPS) is 16.3. The van der Waals surface area contributed by atoms with E-state index in [9.17, 15) is 10.2 Å². The Morgan fingerprint density at radius 3 is 2.55 bits per heavy atom. The molecule has 0 bridgehead atoms. The third-order valence-electron chi connectivity index (χ3n) is 3.96. The van der Waals surface area contributed by atoms with Crippen molar-refractivity contribution in [1.82, 2.24) is 4.98 Å². The SMILES string of the molecule is CC(O)c1cccc(N2CC=C(c3ccc(O)cc3)CC2)n1. The average molecular weight is 296 g/mol. The van der Waals surface area contributed by atoms with E-state index in [4.69, 9.17) is 0 Å². The van der Waals surface area contributed by atoms with Gasteiger partial charge in [-0.2, -0.15) is 0 Å². The number of aliphatic hydroxyl groups excluding tert-OH is 1. The minimum atomic E-state index is -0.548. The van der Waals surface area contributed by atoms with Gasteiger partial charge < -0.3 is 15.1 Å². The van der Waals surface area contributed by atoms with Gasteiger partial charge in [-0.05, 0) is 48.7 Å². The Labute approximate surface area is 130 Å². The molecule has 0 radical (unpaired) electrons. The number of hydrogen-bond donors (Lipinski definition) is 2. The molecule has 3 rings (SSSR count). The molecule has 1 atom stereocenters. The Bertz CT molecular complexity index is 678. The first-order valence-electron chi connectivity index (χ1n) is 7.52. The third-order valence-corrected chi connectivity index (χ3v) is 3.96. The number of anilines is 1. The molecule has 0 aliphatic carbocycles. The molecule has 2 N–H and O–H groups in total. The number of pyridine rings is 1. The molecule has 1 aromatic carbocycles. The van der Waals surface area contributed by atoms with Crippen molar-refractivity contribution in [2.75, 3.05) is 18.0 Å². The lowest BCUT2D eigenvalue weighted by molar-refractivity contribution is 0.194. The van der Waals surface area contributed by atoms with Crippen molar-refractivity contribution in [2.24, 2.45) is 0 Å². The second kappa shape index (κ2) is 6.20. The molecule has 2 heterocycles. The highest BCUT2D eigenvalue weighted by molar-refractivity contribution is 5.68. The fourth-order valence-electron chi connectivity index (χ4n) is 2.66. The number of nitrogens with zero attached hydrogens (tertiary/aromatic N) is 2. The van der Waals surface area contributed by atoms with Gasteiger partial charge in [0.1, 0.15) is 11.6 Å². The Kier molecular flexibility index (Phi) is 4.11. The number of aromatic hydroxyl groups is 1. The molecule has 0 fully saturated rings. The number of phenols is 1. The molecule has 22 heavy (non-hydrogen) atoms. The second-order valence-corrected chi connectivity index (χ2v) is 5.57. The maximum Gasteiger partial charge on any atom is 0.129 e. The first-order chi connectivity index (χ1) is 10.6. The van der Waals surface area contributed by atoms with E-state index in [0.717, 1.165) is 30.9 Å². The van der Waals surface area contributed by atoms with Gasteiger partial charge >= 0.3 is 0 Å². The van der Waals surface area contributed by atoms with Crippen LogP contribution in [0.5, 0.6) is 5.75 Å². The van der Waals surface area contributed by atoms with E-state index in [2.05, 4.69) is 16.0 Å². The molecule has 1 aromatic heterocycles. The van der Waals surface area contributed by atoms with E-state index in [1.807, 2.05) is 30.3 Å². The quantitative estimate of drug-likeness (QED) is 0.913.